The van der Waals surface area contributed by atoms with Crippen LogP contribution < -0.4 is 10.5 Å². The molecule has 0 bridgehead atoms. The molecule has 0 aromatic carbocycles. The Morgan fingerprint density at radius 3 is 3.00 bits per heavy atom. The van der Waals surface area contributed by atoms with Gasteiger partial charge in [0.05, 0.1) is 12.3 Å². The van der Waals surface area contributed by atoms with E-state index in [0.717, 1.165) is 37.0 Å². The van der Waals surface area contributed by atoms with Crippen molar-refractivity contribution in [1.82, 2.24) is 4.98 Å². The number of pyridine rings is 1. The van der Waals surface area contributed by atoms with Gasteiger partial charge in [0.2, 0.25) is 0 Å². The molecule has 0 aliphatic heterocycles. The Morgan fingerprint density at radius 2 is 2.24 bits per heavy atom. The van der Waals surface area contributed by atoms with E-state index in [-0.39, 0.29) is 6.10 Å². The molecule has 1 aromatic heterocycles. The van der Waals surface area contributed by atoms with E-state index in [4.69, 9.17) is 15.2 Å². The fourth-order valence-corrected chi connectivity index (χ4v) is 2.29. The lowest BCUT2D eigenvalue weighted by Crippen LogP contribution is -2.29. The first-order valence-corrected chi connectivity index (χ1v) is 6.16. The molecule has 0 radical (unpaired) electrons. The van der Waals surface area contributed by atoms with Gasteiger partial charge in [0.1, 0.15) is 11.9 Å². The summed E-state index contributed by atoms with van der Waals surface area (Å²) in [4.78, 5) is 4.09. The number of nitrogens with zero attached hydrogens (tertiary/aromatic N) is 1. The molecule has 94 valence electrons. The first-order chi connectivity index (χ1) is 8.33. The SMILES string of the molecule is COC1CCCC(Oc2cnccc2CN)C1. The van der Waals surface area contributed by atoms with Gasteiger partial charge in [-0.2, -0.15) is 0 Å². The summed E-state index contributed by atoms with van der Waals surface area (Å²) in [7, 11) is 1.77. The number of rotatable bonds is 4. The van der Waals surface area contributed by atoms with Crippen LogP contribution in [0.2, 0.25) is 0 Å². The molecule has 1 aliphatic rings. The minimum Gasteiger partial charge on any atom is -0.488 e. The molecular weight excluding hydrogens is 216 g/mol. The maximum absolute atomic E-state index is 5.99. The molecule has 2 rings (SSSR count). The van der Waals surface area contributed by atoms with Gasteiger partial charge in [-0.1, -0.05) is 0 Å². The van der Waals surface area contributed by atoms with Gasteiger partial charge in [-0.25, -0.2) is 0 Å². The monoisotopic (exact) mass is 236 g/mol. The van der Waals surface area contributed by atoms with E-state index in [9.17, 15) is 0 Å². The molecule has 0 amide bonds. The first-order valence-electron chi connectivity index (χ1n) is 6.16. The maximum atomic E-state index is 5.99. The summed E-state index contributed by atoms with van der Waals surface area (Å²) in [6.07, 6.45) is 8.37. The molecule has 1 aromatic rings. The van der Waals surface area contributed by atoms with Gasteiger partial charge < -0.3 is 15.2 Å². The van der Waals surface area contributed by atoms with Crippen molar-refractivity contribution in [3.63, 3.8) is 0 Å². The quantitative estimate of drug-likeness (QED) is 0.867. The topological polar surface area (TPSA) is 57.4 Å². The highest BCUT2D eigenvalue weighted by molar-refractivity contribution is 5.29. The Hall–Kier alpha value is -1.13. The molecule has 2 atom stereocenters. The zero-order valence-corrected chi connectivity index (χ0v) is 10.3. The lowest BCUT2D eigenvalue weighted by atomic mass is 9.95. The number of aromatic nitrogens is 1. The smallest absolute Gasteiger partial charge is 0.142 e. The molecule has 1 heterocycles. The average molecular weight is 236 g/mol. The lowest BCUT2D eigenvalue weighted by molar-refractivity contribution is 0.0205. The first kappa shape index (κ1) is 12.3. The highest BCUT2D eigenvalue weighted by Crippen LogP contribution is 2.26. The van der Waals surface area contributed by atoms with Crippen LogP contribution in [0.4, 0.5) is 0 Å². The standard InChI is InChI=1S/C13H20N2O2/c1-16-11-3-2-4-12(7-11)17-13-9-15-6-5-10(13)8-14/h5-6,9,11-12H,2-4,7-8,14H2,1H3. The highest BCUT2D eigenvalue weighted by Gasteiger charge is 2.23. The Balaban J connectivity index is 2.00. The lowest BCUT2D eigenvalue weighted by Gasteiger charge is -2.29. The van der Waals surface area contributed by atoms with Gasteiger partial charge in [-0.3, -0.25) is 4.98 Å². The normalized spacial score (nSPS) is 24.6. The molecule has 17 heavy (non-hydrogen) atoms. The van der Waals surface area contributed by atoms with Gasteiger partial charge in [0.15, 0.2) is 0 Å². The summed E-state index contributed by atoms with van der Waals surface area (Å²) in [5.41, 5.74) is 6.69. The zero-order valence-electron chi connectivity index (χ0n) is 10.3. The van der Waals surface area contributed by atoms with Gasteiger partial charge in [0.25, 0.3) is 0 Å². The van der Waals surface area contributed by atoms with Crippen LogP contribution in [-0.2, 0) is 11.3 Å². The van der Waals surface area contributed by atoms with Crippen molar-refractivity contribution in [1.29, 1.82) is 0 Å². The maximum Gasteiger partial charge on any atom is 0.142 e. The summed E-state index contributed by atoms with van der Waals surface area (Å²) in [5.74, 6) is 0.816. The van der Waals surface area contributed by atoms with E-state index in [0.29, 0.717) is 12.6 Å². The number of hydrogen-bond acceptors (Lipinski definition) is 4. The van der Waals surface area contributed by atoms with Gasteiger partial charge in [-0.15, -0.1) is 0 Å². The van der Waals surface area contributed by atoms with Crippen LogP contribution >= 0.6 is 0 Å². The second-order valence-corrected chi connectivity index (χ2v) is 4.45. The number of hydrogen-bond donors (Lipinski definition) is 1. The molecule has 2 N–H and O–H groups in total. The van der Waals surface area contributed by atoms with E-state index in [1.807, 2.05) is 6.07 Å². The summed E-state index contributed by atoms with van der Waals surface area (Å²) >= 11 is 0. The fraction of sp³-hybridized carbons (Fsp3) is 0.615. The Labute approximate surface area is 102 Å². The van der Waals surface area contributed by atoms with Crippen molar-refractivity contribution in [3.05, 3.63) is 24.0 Å². The number of methoxy groups -OCH3 is 1. The minimum atomic E-state index is 0.225. The van der Waals surface area contributed by atoms with Gasteiger partial charge in [-0.05, 0) is 25.3 Å². The van der Waals surface area contributed by atoms with E-state index >= 15 is 0 Å². The summed E-state index contributed by atoms with van der Waals surface area (Å²) in [5, 5.41) is 0. The van der Waals surface area contributed by atoms with E-state index < -0.39 is 0 Å². The van der Waals surface area contributed by atoms with Crippen LogP contribution in [0.15, 0.2) is 18.5 Å². The van der Waals surface area contributed by atoms with Crippen LogP contribution in [0.3, 0.4) is 0 Å². The van der Waals surface area contributed by atoms with Crippen molar-refractivity contribution in [2.24, 2.45) is 5.73 Å². The van der Waals surface area contributed by atoms with Crippen LogP contribution in [0.5, 0.6) is 5.75 Å². The van der Waals surface area contributed by atoms with Crippen molar-refractivity contribution >= 4 is 0 Å². The molecule has 4 heteroatoms. The van der Waals surface area contributed by atoms with Crippen LogP contribution in [0, 0.1) is 0 Å². The minimum absolute atomic E-state index is 0.225. The van der Waals surface area contributed by atoms with E-state index in [1.165, 1.54) is 0 Å². The zero-order chi connectivity index (χ0) is 12.1. The van der Waals surface area contributed by atoms with Crippen LogP contribution in [-0.4, -0.2) is 24.3 Å². The van der Waals surface area contributed by atoms with Crippen molar-refractivity contribution in [2.45, 2.75) is 44.4 Å². The second kappa shape index (κ2) is 5.98. The van der Waals surface area contributed by atoms with Crippen LogP contribution in [0.25, 0.3) is 0 Å². The van der Waals surface area contributed by atoms with Crippen molar-refractivity contribution < 1.29 is 9.47 Å². The van der Waals surface area contributed by atoms with Crippen molar-refractivity contribution in [2.75, 3.05) is 7.11 Å². The molecule has 2 unspecified atom stereocenters. The average Bonchev–Trinajstić information content (AvgIpc) is 2.39. The number of nitrogens with two attached hydrogens (primary N) is 1. The molecule has 1 aliphatic carbocycles. The van der Waals surface area contributed by atoms with E-state index in [1.54, 1.807) is 19.5 Å². The molecule has 4 nitrogen and oxygen atoms in total. The highest BCUT2D eigenvalue weighted by atomic mass is 16.5. The van der Waals surface area contributed by atoms with Gasteiger partial charge in [0, 0.05) is 31.8 Å². The second-order valence-electron chi connectivity index (χ2n) is 4.45. The Bertz CT molecular complexity index is 357. The Kier molecular flexibility index (Phi) is 4.34. The molecule has 0 spiro atoms. The Morgan fingerprint density at radius 1 is 1.41 bits per heavy atom. The van der Waals surface area contributed by atoms with E-state index in [2.05, 4.69) is 4.98 Å². The van der Waals surface area contributed by atoms with Crippen LogP contribution in [0.1, 0.15) is 31.2 Å². The molecule has 1 saturated carbocycles. The number of ether oxygens (including phenoxy) is 2. The van der Waals surface area contributed by atoms with Gasteiger partial charge >= 0.3 is 0 Å². The summed E-state index contributed by atoms with van der Waals surface area (Å²) in [6.45, 7) is 0.484. The predicted octanol–water partition coefficient (Wildman–Crippen LogP) is 1.88. The fourth-order valence-electron chi connectivity index (χ4n) is 2.29. The third kappa shape index (κ3) is 3.17. The molecule has 1 fully saturated rings. The molecular formula is C13H20N2O2. The third-order valence-electron chi connectivity index (χ3n) is 3.29. The predicted molar refractivity (Wildman–Crippen MR) is 65.8 cm³/mol. The van der Waals surface area contributed by atoms with Crippen molar-refractivity contribution in [3.8, 4) is 5.75 Å². The molecule has 0 saturated heterocycles. The largest absolute Gasteiger partial charge is 0.488 e. The summed E-state index contributed by atoms with van der Waals surface area (Å²) in [6, 6.07) is 1.91. The summed E-state index contributed by atoms with van der Waals surface area (Å²) < 4.78 is 11.4. The third-order valence-corrected chi connectivity index (χ3v) is 3.29.